The summed E-state index contributed by atoms with van der Waals surface area (Å²) in [6, 6.07) is 13.1. The van der Waals surface area contributed by atoms with Crippen LogP contribution in [-0.4, -0.2) is 49.4 Å². The Morgan fingerprint density at radius 3 is 2.38 bits per heavy atom. The Morgan fingerprint density at radius 2 is 1.78 bits per heavy atom. The van der Waals surface area contributed by atoms with Gasteiger partial charge in [0.05, 0.1) is 32.6 Å². The Kier molecular flexibility index (Phi) is 7.90. The van der Waals surface area contributed by atoms with Crippen molar-refractivity contribution in [3.8, 4) is 11.5 Å². The van der Waals surface area contributed by atoms with E-state index in [-0.39, 0.29) is 23.9 Å². The predicted octanol–water partition coefficient (Wildman–Crippen LogP) is 5.49. The lowest BCUT2D eigenvalue weighted by Crippen LogP contribution is -2.47. The first-order valence-corrected chi connectivity index (χ1v) is 11.8. The summed E-state index contributed by atoms with van der Waals surface area (Å²) in [6.07, 6.45) is 1.94. The van der Waals surface area contributed by atoms with Gasteiger partial charge in [-0.1, -0.05) is 42.1 Å². The molecule has 0 bridgehead atoms. The van der Waals surface area contributed by atoms with E-state index in [0.717, 1.165) is 11.1 Å². The molecule has 1 aliphatic rings. The van der Waals surface area contributed by atoms with E-state index in [0.29, 0.717) is 30.2 Å². The van der Waals surface area contributed by atoms with Crippen LogP contribution in [0.4, 0.5) is 15.3 Å². The summed E-state index contributed by atoms with van der Waals surface area (Å²) in [6.45, 7) is 4.49. The highest BCUT2D eigenvalue weighted by atomic mass is 32.2. The Balaban J connectivity index is 2.14. The van der Waals surface area contributed by atoms with Gasteiger partial charge in [0.2, 0.25) is 0 Å². The molecule has 2 amide bonds. The number of nitrogens with zero attached hydrogens (tertiary/aromatic N) is 2. The number of methoxy groups -OCH3 is 2. The molecular weight excluding hydrogens is 428 g/mol. The Morgan fingerprint density at radius 1 is 1.12 bits per heavy atom. The highest BCUT2D eigenvalue weighted by Crippen LogP contribution is 2.46. The molecule has 0 radical (unpaired) electrons. The van der Waals surface area contributed by atoms with Crippen LogP contribution in [0.25, 0.3) is 0 Å². The summed E-state index contributed by atoms with van der Waals surface area (Å²) >= 11 is 1.18. The number of amides is 2. The number of ether oxygens (including phenoxy) is 3. The summed E-state index contributed by atoms with van der Waals surface area (Å²) in [5.74, 6) is 1.06. The lowest BCUT2D eigenvalue weighted by Gasteiger charge is -2.43. The first kappa shape index (κ1) is 23.8. The first-order chi connectivity index (χ1) is 15.4. The third-order valence-electron chi connectivity index (χ3n) is 5.60. The smallest absolute Gasteiger partial charge is 0.414 e. The highest BCUT2D eigenvalue weighted by Gasteiger charge is 2.39. The Bertz CT molecular complexity index is 953. The standard InChI is InChI=1S/C24H30N2O5S/c1-6-31-23(27)26-16(2)12-19(18-13-21(29-3)22(30-4)14-20(18)26)25(24(28)32-5)15-17-10-8-7-9-11-17/h7-11,13-14,16,19H,6,12,15H2,1-5H3/t16-,19+/m1/s1. The van der Waals surface area contributed by atoms with Crippen molar-refractivity contribution >= 4 is 28.8 Å². The molecule has 1 heterocycles. The van der Waals surface area contributed by atoms with Gasteiger partial charge in [-0.25, -0.2) is 4.79 Å². The first-order valence-electron chi connectivity index (χ1n) is 10.6. The summed E-state index contributed by atoms with van der Waals surface area (Å²) in [5.41, 5.74) is 2.53. The van der Waals surface area contributed by atoms with Crippen LogP contribution < -0.4 is 14.4 Å². The molecule has 0 aliphatic carbocycles. The van der Waals surface area contributed by atoms with Gasteiger partial charge in [-0.2, -0.15) is 0 Å². The van der Waals surface area contributed by atoms with Crippen LogP contribution in [0.5, 0.6) is 11.5 Å². The zero-order valence-corrected chi connectivity index (χ0v) is 20.0. The largest absolute Gasteiger partial charge is 0.493 e. The number of anilines is 1. The zero-order valence-electron chi connectivity index (χ0n) is 19.2. The molecule has 0 saturated heterocycles. The third kappa shape index (κ3) is 4.80. The van der Waals surface area contributed by atoms with Crippen molar-refractivity contribution in [1.82, 2.24) is 4.90 Å². The number of carbonyl (C=O) groups is 2. The fourth-order valence-electron chi connectivity index (χ4n) is 4.12. The fraction of sp³-hybridized carbons (Fsp3) is 0.417. The maximum absolute atomic E-state index is 13.1. The average Bonchev–Trinajstić information content (AvgIpc) is 2.81. The van der Waals surface area contributed by atoms with Gasteiger partial charge in [0.25, 0.3) is 5.24 Å². The van der Waals surface area contributed by atoms with Gasteiger partial charge in [0.1, 0.15) is 0 Å². The van der Waals surface area contributed by atoms with E-state index in [2.05, 4.69) is 0 Å². The molecule has 2 atom stereocenters. The number of hydrogen-bond donors (Lipinski definition) is 0. The van der Waals surface area contributed by atoms with E-state index in [1.54, 1.807) is 38.4 Å². The topological polar surface area (TPSA) is 68.3 Å². The normalized spacial score (nSPS) is 17.3. The molecule has 3 rings (SSSR count). The van der Waals surface area contributed by atoms with Crippen molar-refractivity contribution in [1.29, 1.82) is 0 Å². The number of fused-ring (bicyclic) bond motifs is 1. The van der Waals surface area contributed by atoms with Crippen LogP contribution in [0.1, 0.15) is 37.4 Å². The van der Waals surface area contributed by atoms with E-state index in [4.69, 9.17) is 14.2 Å². The fourth-order valence-corrected chi connectivity index (χ4v) is 4.54. The highest BCUT2D eigenvalue weighted by molar-refractivity contribution is 8.12. The molecular formula is C24H30N2O5S. The van der Waals surface area contributed by atoms with Crippen molar-refractivity contribution in [3.05, 3.63) is 53.6 Å². The molecule has 1 aliphatic heterocycles. The van der Waals surface area contributed by atoms with Gasteiger partial charge in [-0.05, 0) is 38.2 Å². The number of rotatable bonds is 6. The number of thioether (sulfide) groups is 1. The molecule has 172 valence electrons. The van der Waals surface area contributed by atoms with Gasteiger partial charge in [0, 0.05) is 24.2 Å². The number of hydrogen-bond acceptors (Lipinski definition) is 6. The molecule has 2 aromatic rings. The Labute approximate surface area is 193 Å². The minimum absolute atomic E-state index is 0.0311. The van der Waals surface area contributed by atoms with Crippen molar-refractivity contribution in [2.24, 2.45) is 0 Å². The molecule has 32 heavy (non-hydrogen) atoms. The minimum Gasteiger partial charge on any atom is -0.493 e. The lowest BCUT2D eigenvalue weighted by atomic mass is 9.90. The zero-order chi connectivity index (χ0) is 23.3. The number of benzene rings is 2. The summed E-state index contributed by atoms with van der Waals surface area (Å²) in [5, 5.41) is -0.0311. The Hall–Kier alpha value is -2.87. The van der Waals surface area contributed by atoms with Crippen LogP contribution >= 0.6 is 11.8 Å². The average molecular weight is 459 g/mol. The second kappa shape index (κ2) is 10.6. The molecule has 0 N–H and O–H groups in total. The molecule has 0 fully saturated rings. The van der Waals surface area contributed by atoms with Crippen molar-refractivity contribution in [2.45, 2.75) is 38.9 Å². The van der Waals surface area contributed by atoms with E-state index in [9.17, 15) is 9.59 Å². The van der Waals surface area contributed by atoms with E-state index >= 15 is 0 Å². The van der Waals surface area contributed by atoms with E-state index < -0.39 is 6.09 Å². The van der Waals surface area contributed by atoms with E-state index in [1.165, 1.54) is 11.8 Å². The van der Waals surface area contributed by atoms with Crippen molar-refractivity contribution < 1.29 is 23.8 Å². The van der Waals surface area contributed by atoms with Crippen molar-refractivity contribution in [2.75, 3.05) is 32.0 Å². The molecule has 0 unspecified atom stereocenters. The van der Waals surface area contributed by atoms with Crippen LogP contribution in [0.3, 0.4) is 0 Å². The maximum atomic E-state index is 13.1. The summed E-state index contributed by atoms with van der Waals surface area (Å²) < 4.78 is 16.4. The van der Waals surface area contributed by atoms with Crippen LogP contribution in [0.2, 0.25) is 0 Å². The quantitative estimate of drug-likeness (QED) is 0.571. The van der Waals surface area contributed by atoms with Gasteiger partial charge in [0.15, 0.2) is 11.5 Å². The van der Waals surface area contributed by atoms with Gasteiger partial charge < -0.3 is 19.1 Å². The molecule has 2 aromatic carbocycles. The molecule has 0 spiro atoms. The van der Waals surface area contributed by atoms with Crippen LogP contribution in [-0.2, 0) is 11.3 Å². The van der Waals surface area contributed by atoms with Gasteiger partial charge >= 0.3 is 6.09 Å². The van der Waals surface area contributed by atoms with Crippen LogP contribution in [0, 0.1) is 0 Å². The second-order valence-electron chi connectivity index (χ2n) is 7.52. The van der Waals surface area contributed by atoms with Crippen LogP contribution in [0.15, 0.2) is 42.5 Å². The monoisotopic (exact) mass is 458 g/mol. The molecule has 0 saturated carbocycles. The van der Waals surface area contributed by atoms with Gasteiger partial charge in [-0.15, -0.1) is 0 Å². The lowest BCUT2D eigenvalue weighted by molar-refractivity contribution is 0.151. The predicted molar refractivity (Wildman–Crippen MR) is 127 cm³/mol. The molecule has 7 nitrogen and oxygen atoms in total. The second-order valence-corrected chi connectivity index (χ2v) is 8.28. The van der Waals surface area contributed by atoms with Crippen molar-refractivity contribution in [3.63, 3.8) is 0 Å². The minimum atomic E-state index is -0.419. The number of carbonyl (C=O) groups excluding carboxylic acids is 2. The molecule has 8 heteroatoms. The summed E-state index contributed by atoms with van der Waals surface area (Å²) in [4.78, 5) is 29.4. The van der Waals surface area contributed by atoms with Gasteiger partial charge in [-0.3, -0.25) is 9.69 Å². The summed E-state index contributed by atoms with van der Waals surface area (Å²) in [7, 11) is 3.13. The third-order valence-corrected chi connectivity index (χ3v) is 6.19. The maximum Gasteiger partial charge on any atom is 0.414 e. The molecule has 0 aromatic heterocycles. The SMILES string of the molecule is CCOC(=O)N1c2cc(OC)c(OC)cc2[C@@H](N(Cc2ccccc2)C(=O)SC)C[C@H]1C. The van der Waals surface area contributed by atoms with E-state index in [1.807, 2.05) is 48.2 Å².